The quantitative estimate of drug-likeness (QED) is 0.687. The summed E-state index contributed by atoms with van der Waals surface area (Å²) in [6, 6.07) is 0. The van der Waals surface area contributed by atoms with Crippen LogP contribution in [-0.2, 0) is 0 Å². The van der Waals surface area contributed by atoms with Gasteiger partial charge in [-0.1, -0.05) is 71.1 Å². The lowest BCUT2D eigenvalue weighted by Crippen LogP contribution is -2.23. The van der Waals surface area contributed by atoms with Gasteiger partial charge >= 0.3 is 6.16 Å². The lowest BCUT2D eigenvalue weighted by Gasteiger charge is -2.35. The first-order chi connectivity index (χ1) is 9.63. The maximum atomic E-state index is 8.56. The molecule has 0 unspecified atom stereocenters. The Morgan fingerprint density at radius 3 is 1.90 bits per heavy atom. The van der Waals surface area contributed by atoms with Gasteiger partial charge in [-0.2, -0.15) is 0 Å². The van der Waals surface area contributed by atoms with Crippen molar-refractivity contribution in [3.8, 4) is 0 Å². The summed E-state index contributed by atoms with van der Waals surface area (Å²) in [5.74, 6) is 3.35. The standard InChI is InChI=1S/C16H30.CH2O3/c1-2-3-7-14-10-12-16(13-11-14)15-8-5-4-6-9-15;2-1(3)4/h14-16H,2-13H2,1H3;(H2,2,3,4). The van der Waals surface area contributed by atoms with Crippen LogP contribution in [0.2, 0.25) is 0 Å². The minimum absolute atomic E-state index is 1.10. The summed E-state index contributed by atoms with van der Waals surface area (Å²) < 4.78 is 0. The topological polar surface area (TPSA) is 57.5 Å². The van der Waals surface area contributed by atoms with E-state index in [-0.39, 0.29) is 0 Å². The minimum Gasteiger partial charge on any atom is -0.450 e. The SMILES string of the molecule is CCCCC1CCC(C2CCCCC2)CC1.O=C(O)O. The van der Waals surface area contributed by atoms with Gasteiger partial charge in [0.15, 0.2) is 0 Å². The number of carbonyl (C=O) groups is 1. The summed E-state index contributed by atoms with van der Waals surface area (Å²) in [5.41, 5.74) is 0. The highest BCUT2D eigenvalue weighted by molar-refractivity contribution is 5.53. The second kappa shape index (κ2) is 10.1. The van der Waals surface area contributed by atoms with Crippen molar-refractivity contribution in [1.29, 1.82) is 0 Å². The predicted molar refractivity (Wildman–Crippen MR) is 82.2 cm³/mol. The van der Waals surface area contributed by atoms with Gasteiger partial charge in [0.05, 0.1) is 0 Å². The molecule has 2 rings (SSSR count). The molecule has 2 saturated carbocycles. The summed E-state index contributed by atoms with van der Waals surface area (Å²) in [4.78, 5) is 8.56. The maximum Gasteiger partial charge on any atom is 0.503 e. The van der Waals surface area contributed by atoms with Crippen molar-refractivity contribution in [2.24, 2.45) is 17.8 Å². The molecule has 3 nitrogen and oxygen atoms in total. The lowest BCUT2D eigenvalue weighted by atomic mass is 9.70. The van der Waals surface area contributed by atoms with Gasteiger partial charge in [-0.3, -0.25) is 0 Å². The highest BCUT2D eigenvalue weighted by atomic mass is 16.6. The van der Waals surface area contributed by atoms with E-state index < -0.39 is 6.16 Å². The summed E-state index contributed by atoms with van der Waals surface area (Å²) >= 11 is 0. The Balaban J connectivity index is 0.000000444. The average Bonchev–Trinajstić information content (AvgIpc) is 2.46. The number of rotatable bonds is 4. The molecule has 0 aromatic rings. The van der Waals surface area contributed by atoms with Crippen LogP contribution >= 0.6 is 0 Å². The van der Waals surface area contributed by atoms with E-state index >= 15 is 0 Å². The second-order valence-corrected chi connectivity index (χ2v) is 6.60. The fraction of sp³-hybridized carbons (Fsp3) is 0.941. The first kappa shape index (κ1) is 17.3. The van der Waals surface area contributed by atoms with E-state index in [9.17, 15) is 0 Å². The van der Waals surface area contributed by atoms with Gasteiger partial charge in [-0.15, -0.1) is 0 Å². The Labute approximate surface area is 123 Å². The van der Waals surface area contributed by atoms with Crippen LogP contribution in [0.25, 0.3) is 0 Å². The highest BCUT2D eigenvalue weighted by Gasteiger charge is 2.27. The molecule has 0 spiro atoms. The number of unbranched alkanes of at least 4 members (excludes halogenated alkanes) is 1. The van der Waals surface area contributed by atoms with Crippen LogP contribution in [0, 0.1) is 17.8 Å². The van der Waals surface area contributed by atoms with Gasteiger partial charge in [0.2, 0.25) is 0 Å². The van der Waals surface area contributed by atoms with Crippen molar-refractivity contribution in [3.05, 3.63) is 0 Å². The highest BCUT2D eigenvalue weighted by Crippen LogP contribution is 2.40. The third kappa shape index (κ3) is 7.16. The Morgan fingerprint density at radius 1 is 0.900 bits per heavy atom. The smallest absolute Gasteiger partial charge is 0.450 e. The zero-order chi connectivity index (χ0) is 14.8. The van der Waals surface area contributed by atoms with E-state index in [4.69, 9.17) is 15.0 Å². The van der Waals surface area contributed by atoms with Crippen LogP contribution in [0.5, 0.6) is 0 Å². The van der Waals surface area contributed by atoms with Crippen LogP contribution in [0.4, 0.5) is 4.79 Å². The number of carboxylic acid groups (broad SMARTS) is 2. The maximum absolute atomic E-state index is 8.56. The molecule has 0 aliphatic heterocycles. The molecule has 20 heavy (non-hydrogen) atoms. The van der Waals surface area contributed by atoms with Crippen molar-refractivity contribution >= 4 is 6.16 Å². The van der Waals surface area contributed by atoms with E-state index in [1.807, 2.05) is 0 Å². The molecule has 3 heteroatoms. The predicted octanol–water partition coefficient (Wildman–Crippen LogP) is 5.79. The third-order valence-corrected chi connectivity index (χ3v) is 5.17. The van der Waals surface area contributed by atoms with Gasteiger partial charge in [-0.25, -0.2) is 4.79 Å². The molecule has 0 atom stereocenters. The van der Waals surface area contributed by atoms with Crippen molar-refractivity contribution in [3.63, 3.8) is 0 Å². The zero-order valence-electron chi connectivity index (χ0n) is 13.0. The van der Waals surface area contributed by atoms with Crippen molar-refractivity contribution in [1.82, 2.24) is 0 Å². The van der Waals surface area contributed by atoms with E-state index in [1.54, 1.807) is 38.5 Å². The van der Waals surface area contributed by atoms with Crippen molar-refractivity contribution < 1.29 is 15.0 Å². The molecule has 2 aliphatic carbocycles. The molecule has 0 heterocycles. The van der Waals surface area contributed by atoms with Gasteiger partial charge < -0.3 is 10.2 Å². The molecular formula is C17H32O3. The van der Waals surface area contributed by atoms with Gasteiger partial charge in [0.1, 0.15) is 0 Å². The Morgan fingerprint density at radius 2 is 1.40 bits per heavy atom. The van der Waals surface area contributed by atoms with Crippen LogP contribution < -0.4 is 0 Å². The largest absolute Gasteiger partial charge is 0.503 e. The first-order valence-electron chi connectivity index (χ1n) is 8.55. The molecule has 0 radical (unpaired) electrons. The normalized spacial score (nSPS) is 27.4. The van der Waals surface area contributed by atoms with E-state index in [0.717, 1.165) is 17.8 Å². The molecule has 0 saturated heterocycles. The minimum atomic E-state index is -1.83. The van der Waals surface area contributed by atoms with Gasteiger partial charge in [-0.05, 0) is 30.6 Å². The average molecular weight is 284 g/mol. The van der Waals surface area contributed by atoms with Gasteiger partial charge in [0, 0.05) is 0 Å². The van der Waals surface area contributed by atoms with Crippen molar-refractivity contribution in [2.45, 2.75) is 84.0 Å². The Kier molecular flexibility index (Phi) is 8.72. The van der Waals surface area contributed by atoms with E-state index in [1.165, 1.54) is 38.5 Å². The van der Waals surface area contributed by atoms with Crippen LogP contribution in [0.1, 0.15) is 84.0 Å². The molecule has 118 valence electrons. The fourth-order valence-corrected chi connectivity index (χ4v) is 4.05. The molecule has 0 aromatic carbocycles. The molecule has 0 aromatic heterocycles. The molecule has 0 amide bonds. The Hall–Kier alpha value is -0.730. The van der Waals surface area contributed by atoms with Gasteiger partial charge in [0.25, 0.3) is 0 Å². The molecular weight excluding hydrogens is 252 g/mol. The summed E-state index contributed by atoms with van der Waals surface area (Å²) in [5, 5.41) is 13.9. The first-order valence-corrected chi connectivity index (χ1v) is 8.55. The van der Waals surface area contributed by atoms with Crippen molar-refractivity contribution in [2.75, 3.05) is 0 Å². The molecule has 2 N–H and O–H groups in total. The number of hydrogen-bond acceptors (Lipinski definition) is 1. The Bertz CT molecular complexity index is 247. The summed E-state index contributed by atoms with van der Waals surface area (Å²) in [6.07, 6.45) is 16.5. The fourth-order valence-electron chi connectivity index (χ4n) is 4.05. The monoisotopic (exact) mass is 284 g/mol. The van der Waals surface area contributed by atoms with Crippen LogP contribution in [-0.4, -0.2) is 16.4 Å². The second-order valence-electron chi connectivity index (χ2n) is 6.60. The number of hydrogen-bond donors (Lipinski definition) is 2. The van der Waals surface area contributed by atoms with Crippen LogP contribution in [0.3, 0.4) is 0 Å². The molecule has 0 bridgehead atoms. The van der Waals surface area contributed by atoms with E-state index in [2.05, 4.69) is 6.92 Å². The summed E-state index contributed by atoms with van der Waals surface area (Å²) in [6.45, 7) is 2.33. The molecule has 2 fully saturated rings. The van der Waals surface area contributed by atoms with E-state index in [0.29, 0.717) is 0 Å². The molecule has 2 aliphatic rings. The van der Waals surface area contributed by atoms with Crippen LogP contribution in [0.15, 0.2) is 0 Å². The lowest BCUT2D eigenvalue weighted by molar-refractivity contribution is 0.137. The summed E-state index contributed by atoms with van der Waals surface area (Å²) in [7, 11) is 0. The third-order valence-electron chi connectivity index (χ3n) is 5.17. The zero-order valence-corrected chi connectivity index (χ0v) is 13.0.